The predicted octanol–water partition coefficient (Wildman–Crippen LogP) is 3.65. The molecule has 2 aromatic carbocycles. The molecule has 6 heteroatoms. The molecule has 0 aliphatic rings. The molecule has 0 saturated carbocycles. The minimum Gasteiger partial charge on any atom is -0.497 e. The molecule has 0 radical (unpaired) electrons. The maximum atomic E-state index is 12.9. The maximum absolute atomic E-state index is 12.9. The Balaban J connectivity index is 2.40. The van der Waals surface area contributed by atoms with Gasteiger partial charge >= 0.3 is 0 Å². The fourth-order valence-corrected chi connectivity index (χ4v) is 4.71. The minimum atomic E-state index is -3.67. The van der Waals surface area contributed by atoms with Crippen molar-refractivity contribution in [3.05, 3.63) is 59.7 Å². The number of halogens is 1. The van der Waals surface area contributed by atoms with Gasteiger partial charge in [0.05, 0.1) is 18.0 Å². The van der Waals surface area contributed by atoms with Gasteiger partial charge in [0.2, 0.25) is 0 Å². The van der Waals surface area contributed by atoms with Crippen LogP contribution in [0.5, 0.6) is 5.75 Å². The van der Waals surface area contributed by atoms with Crippen LogP contribution in [0, 0.1) is 6.92 Å². The van der Waals surface area contributed by atoms with Gasteiger partial charge in [0.1, 0.15) is 5.75 Å². The molecule has 4 nitrogen and oxygen atoms in total. The maximum Gasteiger partial charge on any atom is 0.197 e. The molecule has 130 valence electrons. The van der Waals surface area contributed by atoms with E-state index in [1.54, 1.807) is 43.5 Å². The van der Waals surface area contributed by atoms with Crippen LogP contribution in [0.4, 0.5) is 0 Å². The molecule has 0 amide bonds. The Morgan fingerprint density at radius 2 is 1.54 bits per heavy atom. The number of hydrogen-bond acceptors (Lipinski definition) is 4. The Labute approximate surface area is 148 Å². The lowest BCUT2D eigenvalue weighted by molar-refractivity contribution is 0.311. The Bertz CT molecular complexity index is 771. The van der Waals surface area contributed by atoms with E-state index in [1.165, 1.54) is 0 Å². The summed E-state index contributed by atoms with van der Waals surface area (Å²) < 4.78 is 29.9. The monoisotopic (exact) mass is 367 g/mol. The van der Waals surface area contributed by atoms with E-state index in [9.17, 15) is 8.42 Å². The van der Waals surface area contributed by atoms with Crippen LogP contribution in [0.2, 0.25) is 0 Å². The van der Waals surface area contributed by atoms with Crippen LogP contribution in [-0.2, 0) is 9.84 Å². The van der Waals surface area contributed by atoms with Gasteiger partial charge in [-0.15, -0.1) is 11.6 Å². The quantitative estimate of drug-likeness (QED) is 0.731. The lowest BCUT2D eigenvalue weighted by atomic mass is 10.1. The van der Waals surface area contributed by atoms with E-state index in [0.717, 1.165) is 11.1 Å². The summed E-state index contributed by atoms with van der Waals surface area (Å²) in [6, 6.07) is 13.5. The molecule has 0 spiro atoms. The standard InChI is InChI=1S/C18H22ClNO3S/c1-13-5-11-16(12-6-13)24(21,22)18(19)17(20(2)3)14-7-9-15(23-4)10-8-14/h5-12,17-18H,1-4H3. The first-order valence-electron chi connectivity index (χ1n) is 7.52. The van der Waals surface area contributed by atoms with Gasteiger partial charge in [-0.05, 0) is 50.8 Å². The fourth-order valence-electron chi connectivity index (χ4n) is 2.51. The van der Waals surface area contributed by atoms with Crippen molar-refractivity contribution >= 4 is 21.4 Å². The molecule has 0 heterocycles. The molecule has 0 aromatic heterocycles. The van der Waals surface area contributed by atoms with Gasteiger partial charge in [0.25, 0.3) is 0 Å². The highest BCUT2D eigenvalue weighted by Gasteiger charge is 2.35. The van der Waals surface area contributed by atoms with Gasteiger partial charge in [0, 0.05) is 0 Å². The second-order valence-electron chi connectivity index (χ2n) is 5.89. The van der Waals surface area contributed by atoms with Crippen molar-refractivity contribution in [3.8, 4) is 5.75 Å². The second kappa shape index (κ2) is 7.55. The van der Waals surface area contributed by atoms with Gasteiger partial charge in [-0.3, -0.25) is 0 Å². The molecule has 0 saturated heterocycles. The van der Waals surface area contributed by atoms with E-state index in [1.807, 2.05) is 38.1 Å². The summed E-state index contributed by atoms with van der Waals surface area (Å²) in [7, 11) is 1.55. The van der Waals surface area contributed by atoms with Crippen molar-refractivity contribution < 1.29 is 13.2 Å². The Morgan fingerprint density at radius 3 is 2.00 bits per heavy atom. The third-order valence-corrected chi connectivity index (χ3v) is 6.63. The Hall–Kier alpha value is -1.56. The van der Waals surface area contributed by atoms with Gasteiger partial charge < -0.3 is 9.64 Å². The Kier molecular flexibility index (Phi) is 5.91. The van der Waals surface area contributed by atoms with Crippen LogP contribution in [0.25, 0.3) is 0 Å². The van der Waals surface area contributed by atoms with Crippen molar-refractivity contribution in [2.45, 2.75) is 22.6 Å². The number of nitrogens with zero attached hydrogens (tertiary/aromatic N) is 1. The van der Waals surface area contributed by atoms with Crippen LogP contribution in [0.1, 0.15) is 17.2 Å². The van der Waals surface area contributed by atoms with Gasteiger partial charge in [-0.2, -0.15) is 0 Å². The lowest BCUT2D eigenvalue weighted by Crippen LogP contribution is -2.33. The fraction of sp³-hybridized carbons (Fsp3) is 0.333. The number of methoxy groups -OCH3 is 1. The predicted molar refractivity (Wildman–Crippen MR) is 97.4 cm³/mol. The van der Waals surface area contributed by atoms with Gasteiger partial charge in [-0.1, -0.05) is 29.8 Å². The van der Waals surface area contributed by atoms with Gasteiger partial charge in [0.15, 0.2) is 14.5 Å². The first-order chi connectivity index (χ1) is 11.3. The third kappa shape index (κ3) is 3.91. The molecular formula is C18H22ClNO3S. The molecule has 2 aromatic rings. The van der Waals surface area contributed by atoms with Crippen LogP contribution in [-0.4, -0.2) is 39.2 Å². The number of ether oxygens (including phenoxy) is 1. The van der Waals surface area contributed by atoms with E-state index in [2.05, 4.69) is 0 Å². The number of sulfone groups is 1. The third-order valence-electron chi connectivity index (χ3n) is 3.91. The van der Waals surface area contributed by atoms with Crippen LogP contribution >= 0.6 is 11.6 Å². The molecule has 0 aliphatic carbocycles. The molecular weight excluding hydrogens is 346 g/mol. The molecule has 0 N–H and O–H groups in total. The first kappa shape index (κ1) is 18.8. The highest BCUT2D eigenvalue weighted by molar-refractivity contribution is 7.93. The summed E-state index contributed by atoms with van der Waals surface area (Å²) in [5.41, 5.74) is 1.82. The molecule has 2 rings (SSSR count). The van der Waals surface area contributed by atoms with E-state index in [-0.39, 0.29) is 4.90 Å². The molecule has 0 bridgehead atoms. The summed E-state index contributed by atoms with van der Waals surface area (Å²) in [4.78, 5) is 2.04. The van der Waals surface area contributed by atoms with E-state index < -0.39 is 20.6 Å². The topological polar surface area (TPSA) is 46.6 Å². The molecule has 2 unspecified atom stereocenters. The largest absolute Gasteiger partial charge is 0.497 e. The van der Waals surface area contributed by atoms with Crippen LogP contribution in [0.3, 0.4) is 0 Å². The summed E-state index contributed by atoms with van der Waals surface area (Å²) >= 11 is 6.46. The zero-order valence-electron chi connectivity index (χ0n) is 14.2. The van der Waals surface area contributed by atoms with Crippen molar-refractivity contribution in [1.82, 2.24) is 4.90 Å². The van der Waals surface area contributed by atoms with Crippen molar-refractivity contribution in [1.29, 1.82) is 0 Å². The second-order valence-corrected chi connectivity index (χ2v) is 8.69. The molecule has 0 aliphatic heterocycles. The van der Waals surface area contributed by atoms with Crippen LogP contribution < -0.4 is 4.74 Å². The van der Waals surface area contributed by atoms with Gasteiger partial charge in [-0.25, -0.2) is 8.42 Å². The SMILES string of the molecule is COc1ccc(C(C(Cl)S(=O)(=O)c2ccc(C)cc2)N(C)C)cc1. The van der Waals surface area contributed by atoms with Crippen molar-refractivity contribution in [2.75, 3.05) is 21.2 Å². The van der Waals surface area contributed by atoms with Crippen molar-refractivity contribution in [3.63, 3.8) is 0 Å². The smallest absolute Gasteiger partial charge is 0.197 e. The minimum absolute atomic E-state index is 0.230. The van der Waals surface area contributed by atoms with Crippen molar-refractivity contribution in [2.24, 2.45) is 0 Å². The summed E-state index contributed by atoms with van der Waals surface area (Å²) in [5, 5.41) is 0. The van der Waals surface area contributed by atoms with E-state index in [4.69, 9.17) is 16.3 Å². The average Bonchev–Trinajstić information content (AvgIpc) is 2.55. The highest BCUT2D eigenvalue weighted by Crippen LogP contribution is 2.34. The number of benzene rings is 2. The zero-order valence-corrected chi connectivity index (χ0v) is 15.8. The summed E-state index contributed by atoms with van der Waals surface area (Å²) in [6.45, 7) is 1.91. The molecule has 0 fully saturated rings. The zero-order chi connectivity index (χ0) is 17.9. The first-order valence-corrected chi connectivity index (χ1v) is 9.50. The van der Waals surface area contributed by atoms with E-state index >= 15 is 0 Å². The van der Waals surface area contributed by atoms with Crippen LogP contribution in [0.15, 0.2) is 53.4 Å². The normalized spacial score (nSPS) is 14.4. The summed E-state index contributed by atoms with van der Waals surface area (Å²) in [6.07, 6.45) is 0. The lowest BCUT2D eigenvalue weighted by Gasteiger charge is -2.29. The Morgan fingerprint density at radius 1 is 1.00 bits per heavy atom. The molecule has 2 atom stereocenters. The highest BCUT2D eigenvalue weighted by atomic mass is 35.5. The average molecular weight is 368 g/mol. The summed E-state index contributed by atoms with van der Waals surface area (Å²) in [5.74, 6) is 0.712. The number of alkyl halides is 1. The molecule has 24 heavy (non-hydrogen) atoms. The van der Waals surface area contributed by atoms with E-state index in [0.29, 0.717) is 5.75 Å². The number of hydrogen-bond donors (Lipinski definition) is 0. The number of aryl methyl sites for hydroxylation is 1. The number of rotatable bonds is 6.